The summed E-state index contributed by atoms with van der Waals surface area (Å²) in [7, 11) is 0. The van der Waals surface area contributed by atoms with E-state index in [0.717, 1.165) is 0 Å². The van der Waals surface area contributed by atoms with Gasteiger partial charge in [-0.3, -0.25) is 10.1 Å². The molecule has 0 saturated heterocycles. The number of nitro benzene ring substituents is 1. The number of ether oxygens (including phenoxy) is 1. The second-order valence-corrected chi connectivity index (χ2v) is 4.95. The van der Waals surface area contributed by atoms with Gasteiger partial charge in [0.2, 0.25) is 0 Å². The van der Waals surface area contributed by atoms with Crippen LogP contribution in [0.1, 0.15) is 0 Å². The van der Waals surface area contributed by atoms with Crippen molar-refractivity contribution in [3.8, 4) is 5.75 Å². The molecule has 1 aromatic rings. The molecule has 0 unspecified atom stereocenters. The summed E-state index contributed by atoms with van der Waals surface area (Å²) in [6.45, 7) is 0.349. The molecule has 0 N–H and O–H groups in total. The van der Waals surface area contributed by atoms with Gasteiger partial charge in [0.15, 0.2) is 0 Å². The maximum absolute atomic E-state index is 10.6. The monoisotopic (exact) mass is 383 g/mol. The minimum Gasteiger partial charge on any atom is -0.487 e. The van der Waals surface area contributed by atoms with Gasteiger partial charge in [0, 0.05) is 18.0 Å². The summed E-state index contributed by atoms with van der Waals surface area (Å²) in [5.74, 6) is 0.946. The van der Waals surface area contributed by atoms with E-state index in [4.69, 9.17) is 16.3 Å². The molecule has 1 rings (SSSR count). The molecule has 0 aromatic heterocycles. The summed E-state index contributed by atoms with van der Waals surface area (Å²) in [5, 5.41) is 10.6. The van der Waals surface area contributed by atoms with E-state index in [-0.39, 0.29) is 5.69 Å². The fourth-order valence-electron chi connectivity index (χ4n) is 1.05. The van der Waals surface area contributed by atoms with Crippen molar-refractivity contribution in [3.05, 3.63) is 43.3 Å². The molecule has 7 heteroatoms. The molecule has 0 aliphatic rings. The Balaban J connectivity index is 2.86. The highest BCUT2D eigenvalue weighted by Crippen LogP contribution is 2.37. The highest BCUT2D eigenvalue weighted by molar-refractivity contribution is 9.11. The lowest BCUT2D eigenvalue weighted by Crippen LogP contribution is -1.97. The molecule has 0 aliphatic heterocycles. The number of hydrogen-bond acceptors (Lipinski definition) is 3. The van der Waals surface area contributed by atoms with Crippen LogP contribution in [0.15, 0.2) is 33.2 Å². The number of nitro groups is 1. The van der Waals surface area contributed by atoms with Crippen LogP contribution in [-0.2, 0) is 0 Å². The van der Waals surface area contributed by atoms with Crippen LogP contribution >= 0.6 is 43.5 Å². The van der Waals surface area contributed by atoms with Gasteiger partial charge in [0.25, 0.3) is 5.69 Å². The van der Waals surface area contributed by atoms with E-state index in [1.54, 1.807) is 12.2 Å². The minimum atomic E-state index is -0.466. The Kier molecular flexibility index (Phi) is 5.94. The Morgan fingerprint density at radius 1 is 1.35 bits per heavy atom. The first-order valence-electron chi connectivity index (χ1n) is 4.53. The Hall–Kier alpha value is -0.590. The van der Waals surface area contributed by atoms with Crippen LogP contribution in [0.2, 0.25) is 0 Å². The predicted octanol–water partition coefficient (Wildman–Crippen LogP) is 4.29. The molecule has 0 fully saturated rings. The third-order valence-electron chi connectivity index (χ3n) is 1.77. The summed E-state index contributed by atoms with van der Waals surface area (Å²) in [5.41, 5.74) is -0.00704. The number of alkyl halides is 1. The molecule has 0 spiro atoms. The maximum atomic E-state index is 10.6. The van der Waals surface area contributed by atoms with Crippen LogP contribution in [0.25, 0.3) is 0 Å². The maximum Gasteiger partial charge on any atom is 0.271 e. The van der Waals surface area contributed by atoms with Crippen LogP contribution in [-0.4, -0.2) is 17.4 Å². The third kappa shape index (κ3) is 4.29. The number of hydrogen-bond donors (Lipinski definition) is 0. The van der Waals surface area contributed by atoms with Crippen LogP contribution in [0.4, 0.5) is 5.69 Å². The lowest BCUT2D eigenvalue weighted by atomic mass is 10.3. The predicted molar refractivity (Wildman–Crippen MR) is 73.9 cm³/mol. The molecule has 0 heterocycles. The van der Waals surface area contributed by atoms with Crippen molar-refractivity contribution in [1.29, 1.82) is 0 Å². The molecule has 92 valence electrons. The first-order chi connectivity index (χ1) is 8.06. The normalized spacial score (nSPS) is 10.8. The Morgan fingerprint density at radius 3 is 2.41 bits per heavy atom. The van der Waals surface area contributed by atoms with Gasteiger partial charge in [-0.2, -0.15) is 0 Å². The fraction of sp³-hybridized carbons (Fsp3) is 0.200. The second kappa shape index (κ2) is 6.98. The van der Waals surface area contributed by atoms with Crippen molar-refractivity contribution in [1.82, 2.24) is 0 Å². The van der Waals surface area contributed by atoms with E-state index in [1.165, 1.54) is 12.1 Å². The Bertz CT molecular complexity index is 428. The van der Waals surface area contributed by atoms with E-state index in [9.17, 15) is 10.1 Å². The topological polar surface area (TPSA) is 52.4 Å². The molecule has 0 saturated carbocycles. The Labute approximate surface area is 120 Å². The van der Waals surface area contributed by atoms with Gasteiger partial charge in [-0.15, -0.1) is 11.6 Å². The molecule has 0 aliphatic carbocycles. The van der Waals surface area contributed by atoms with E-state index in [2.05, 4.69) is 31.9 Å². The number of non-ortho nitro benzene ring substituents is 1. The minimum absolute atomic E-state index is 0.00704. The number of rotatable bonds is 5. The molecule has 4 nitrogen and oxygen atoms in total. The zero-order chi connectivity index (χ0) is 12.8. The lowest BCUT2D eigenvalue weighted by molar-refractivity contribution is -0.385. The van der Waals surface area contributed by atoms with E-state index < -0.39 is 4.92 Å². The lowest BCUT2D eigenvalue weighted by Gasteiger charge is -2.08. The van der Waals surface area contributed by atoms with Crippen molar-refractivity contribution in [2.75, 3.05) is 12.5 Å². The van der Waals surface area contributed by atoms with Gasteiger partial charge >= 0.3 is 0 Å². The molecule has 0 radical (unpaired) electrons. The first kappa shape index (κ1) is 14.5. The highest BCUT2D eigenvalue weighted by Gasteiger charge is 2.14. The van der Waals surface area contributed by atoms with Crippen molar-refractivity contribution in [3.63, 3.8) is 0 Å². The quantitative estimate of drug-likeness (QED) is 0.329. The van der Waals surface area contributed by atoms with Crippen LogP contribution < -0.4 is 4.74 Å². The van der Waals surface area contributed by atoms with E-state index in [0.29, 0.717) is 27.2 Å². The van der Waals surface area contributed by atoms with Gasteiger partial charge in [-0.05, 0) is 31.9 Å². The van der Waals surface area contributed by atoms with Gasteiger partial charge in [0.1, 0.15) is 12.4 Å². The van der Waals surface area contributed by atoms with Crippen LogP contribution in [0.5, 0.6) is 5.75 Å². The van der Waals surface area contributed by atoms with Crippen molar-refractivity contribution < 1.29 is 9.66 Å². The third-order valence-corrected chi connectivity index (χ3v) is 3.13. The number of nitrogens with zero attached hydrogens (tertiary/aromatic N) is 1. The first-order valence-corrected chi connectivity index (χ1v) is 6.65. The zero-order valence-electron chi connectivity index (χ0n) is 8.53. The summed E-state index contributed by atoms with van der Waals surface area (Å²) >= 11 is 11.9. The number of benzene rings is 1. The van der Waals surface area contributed by atoms with E-state index in [1.807, 2.05) is 0 Å². The molecule has 0 amide bonds. The number of halogens is 3. The standard InChI is InChI=1S/C10H8Br2ClNO3/c11-8-5-7(14(15)16)6-9(12)10(8)17-4-2-1-3-13/h1-2,5-6H,3-4H2. The number of allylic oxidation sites excluding steroid dienone is 1. The molecule has 1 aromatic carbocycles. The molecule has 17 heavy (non-hydrogen) atoms. The van der Waals surface area contributed by atoms with E-state index >= 15 is 0 Å². The Morgan fingerprint density at radius 2 is 1.94 bits per heavy atom. The fourth-order valence-corrected chi connectivity index (χ4v) is 2.57. The highest BCUT2D eigenvalue weighted by atomic mass is 79.9. The SMILES string of the molecule is O=[N+]([O-])c1cc(Br)c(OCC=CCCl)c(Br)c1. The van der Waals surface area contributed by atoms with Gasteiger partial charge in [-0.25, -0.2) is 0 Å². The summed E-state index contributed by atoms with van der Waals surface area (Å²) in [4.78, 5) is 10.1. The molecular formula is C10H8Br2ClNO3. The summed E-state index contributed by atoms with van der Waals surface area (Å²) in [6.07, 6.45) is 3.53. The molecule has 0 atom stereocenters. The summed E-state index contributed by atoms with van der Waals surface area (Å²) in [6, 6.07) is 2.79. The largest absolute Gasteiger partial charge is 0.487 e. The van der Waals surface area contributed by atoms with Crippen molar-refractivity contribution in [2.45, 2.75) is 0 Å². The van der Waals surface area contributed by atoms with Crippen molar-refractivity contribution in [2.24, 2.45) is 0 Å². The van der Waals surface area contributed by atoms with Gasteiger partial charge in [0.05, 0.1) is 13.9 Å². The van der Waals surface area contributed by atoms with Gasteiger partial charge in [-0.1, -0.05) is 12.2 Å². The molecule has 0 bridgehead atoms. The average molecular weight is 385 g/mol. The van der Waals surface area contributed by atoms with Crippen LogP contribution in [0.3, 0.4) is 0 Å². The average Bonchev–Trinajstić information content (AvgIpc) is 2.26. The zero-order valence-corrected chi connectivity index (χ0v) is 12.5. The second-order valence-electron chi connectivity index (χ2n) is 2.93. The summed E-state index contributed by atoms with van der Waals surface area (Å²) < 4.78 is 6.49. The smallest absolute Gasteiger partial charge is 0.271 e. The van der Waals surface area contributed by atoms with Gasteiger partial charge < -0.3 is 4.74 Å². The molecular weight excluding hydrogens is 377 g/mol. The van der Waals surface area contributed by atoms with Crippen molar-refractivity contribution >= 4 is 49.1 Å². The van der Waals surface area contributed by atoms with Crippen LogP contribution in [0, 0.1) is 10.1 Å².